The SMILES string of the molecule is N#Cc1ccc(C(=O)N2CCC3(CC(Nc4ncccn4)C3)C2)cc1. The number of nitrogens with zero attached hydrogens (tertiary/aromatic N) is 4. The molecule has 25 heavy (non-hydrogen) atoms. The van der Waals surface area contributed by atoms with E-state index in [2.05, 4.69) is 21.4 Å². The molecule has 4 rings (SSSR count). The third-order valence-corrected chi connectivity index (χ3v) is 5.24. The number of nitrogens with one attached hydrogen (secondary N) is 1. The molecule has 126 valence electrons. The number of aromatic nitrogens is 2. The van der Waals surface area contributed by atoms with E-state index in [0.29, 0.717) is 23.1 Å². The molecule has 1 aromatic heterocycles. The molecule has 2 aromatic rings. The van der Waals surface area contributed by atoms with Crippen molar-refractivity contribution in [2.24, 2.45) is 5.41 Å². The molecule has 1 saturated heterocycles. The first-order valence-electron chi connectivity index (χ1n) is 8.50. The number of benzene rings is 1. The van der Waals surface area contributed by atoms with Gasteiger partial charge in [0.1, 0.15) is 0 Å². The molecular weight excluding hydrogens is 314 g/mol. The summed E-state index contributed by atoms with van der Waals surface area (Å²) in [6.45, 7) is 1.60. The van der Waals surface area contributed by atoms with Gasteiger partial charge in [-0.05, 0) is 55.0 Å². The number of anilines is 1. The van der Waals surface area contributed by atoms with E-state index < -0.39 is 0 Å². The molecule has 0 atom stereocenters. The van der Waals surface area contributed by atoms with Crippen LogP contribution >= 0.6 is 0 Å². The fraction of sp³-hybridized carbons (Fsp3) is 0.368. The second-order valence-electron chi connectivity index (χ2n) is 6.99. The van der Waals surface area contributed by atoms with Gasteiger partial charge in [0, 0.05) is 37.1 Å². The van der Waals surface area contributed by atoms with Gasteiger partial charge in [0.2, 0.25) is 5.95 Å². The summed E-state index contributed by atoms with van der Waals surface area (Å²) in [5.41, 5.74) is 1.46. The maximum absolute atomic E-state index is 12.7. The van der Waals surface area contributed by atoms with Gasteiger partial charge in [-0.25, -0.2) is 9.97 Å². The zero-order valence-electron chi connectivity index (χ0n) is 13.9. The van der Waals surface area contributed by atoms with Crippen LogP contribution < -0.4 is 5.32 Å². The van der Waals surface area contributed by atoms with Crippen molar-refractivity contribution in [1.29, 1.82) is 5.26 Å². The minimum atomic E-state index is 0.0594. The summed E-state index contributed by atoms with van der Waals surface area (Å²) < 4.78 is 0. The van der Waals surface area contributed by atoms with Crippen LogP contribution in [0.2, 0.25) is 0 Å². The van der Waals surface area contributed by atoms with Crippen LogP contribution in [0.15, 0.2) is 42.7 Å². The Hall–Kier alpha value is -2.94. The summed E-state index contributed by atoms with van der Waals surface area (Å²) in [7, 11) is 0. The van der Waals surface area contributed by atoms with E-state index in [1.165, 1.54) is 0 Å². The molecular formula is C19H19N5O. The lowest BCUT2D eigenvalue weighted by atomic mass is 9.65. The molecule has 6 heteroatoms. The molecule has 2 fully saturated rings. The van der Waals surface area contributed by atoms with Crippen molar-refractivity contribution < 1.29 is 4.79 Å². The minimum absolute atomic E-state index is 0.0594. The molecule has 0 unspecified atom stereocenters. The lowest BCUT2D eigenvalue weighted by Gasteiger charge is -2.45. The second kappa shape index (κ2) is 6.17. The molecule has 0 bridgehead atoms. The predicted octanol–water partition coefficient (Wildman–Crippen LogP) is 2.46. The van der Waals surface area contributed by atoms with Gasteiger partial charge < -0.3 is 10.2 Å². The van der Waals surface area contributed by atoms with Gasteiger partial charge >= 0.3 is 0 Å². The van der Waals surface area contributed by atoms with Crippen LogP contribution in [0.25, 0.3) is 0 Å². The molecule has 1 aromatic carbocycles. The number of likely N-dealkylation sites (tertiary alicyclic amines) is 1. The Bertz CT molecular complexity index is 806. The highest BCUT2D eigenvalue weighted by Crippen LogP contribution is 2.49. The van der Waals surface area contributed by atoms with Crippen molar-refractivity contribution in [3.63, 3.8) is 0 Å². The van der Waals surface area contributed by atoms with Crippen molar-refractivity contribution in [1.82, 2.24) is 14.9 Å². The fourth-order valence-electron chi connectivity index (χ4n) is 3.96. The summed E-state index contributed by atoms with van der Waals surface area (Å²) in [6.07, 6.45) is 6.60. The van der Waals surface area contributed by atoms with Crippen molar-refractivity contribution in [3.05, 3.63) is 53.9 Å². The minimum Gasteiger partial charge on any atom is -0.351 e. The first-order chi connectivity index (χ1) is 12.2. The average Bonchev–Trinajstić information content (AvgIpc) is 3.07. The molecule has 6 nitrogen and oxygen atoms in total. The Balaban J connectivity index is 1.34. The van der Waals surface area contributed by atoms with E-state index >= 15 is 0 Å². The summed E-state index contributed by atoms with van der Waals surface area (Å²) in [5, 5.41) is 12.2. The maximum atomic E-state index is 12.7. The van der Waals surface area contributed by atoms with Crippen LogP contribution in [0.5, 0.6) is 0 Å². The standard InChI is InChI=1S/C19H19N5O/c20-12-14-2-4-15(5-3-14)17(25)24-9-6-19(13-24)10-16(11-19)23-18-21-7-1-8-22-18/h1-5,7-8,16H,6,9-11,13H2,(H,21,22,23). The van der Waals surface area contributed by atoms with Gasteiger partial charge in [0.25, 0.3) is 5.91 Å². The quantitative estimate of drug-likeness (QED) is 0.933. The molecule has 1 N–H and O–H groups in total. The van der Waals surface area contributed by atoms with Crippen LogP contribution in [0.3, 0.4) is 0 Å². The number of rotatable bonds is 3. The van der Waals surface area contributed by atoms with Crippen LogP contribution in [0, 0.1) is 16.7 Å². The first kappa shape index (κ1) is 15.6. The van der Waals surface area contributed by atoms with Crippen LogP contribution in [-0.2, 0) is 0 Å². The number of carbonyl (C=O) groups is 1. The third-order valence-electron chi connectivity index (χ3n) is 5.24. The van der Waals surface area contributed by atoms with Crippen LogP contribution in [-0.4, -0.2) is 39.9 Å². The molecule has 1 spiro atoms. The highest BCUT2D eigenvalue weighted by Gasteiger charge is 2.49. The molecule has 1 aliphatic heterocycles. The topological polar surface area (TPSA) is 81.9 Å². The Labute approximate surface area is 146 Å². The van der Waals surface area contributed by atoms with Gasteiger partial charge in [-0.2, -0.15) is 5.26 Å². The highest BCUT2D eigenvalue weighted by atomic mass is 16.2. The molecule has 0 radical (unpaired) electrons. The lowest BCUT2D eigenvalue weighted by Crippen LogP contribution is -2.47. The summed E-state index contributed by atoms with van der Waals surface area (Å²) in [5.74, 6) is 0.732. The Morgan fingerprint density at radius 1 is 1.24 bits per heavy atom. The average molecular weight is 333 g/mol. The van der Waals surface area contributed by atoms with Crippen molar-refractivity contribution in [2.45, 2.75) is 25.3 Å². The maximum Gasteiger partial charge on any atom is 0.253 e. The van der Waals surface area contributed by atoms with Crippen LogP contribution in [0.4, 0.5) is 5.95 Å². The Kier molecular flexibility index (Phi) is 3.85. The van der Waals surface area contributed by atoms with E-state index in [1.54, 1.807) is 42.7 Å². The monoisotopic (exact) mass is 333 g/mol. The second-order valence-corrected chi connectivity index (χ2v) is 6.99. The Morgan fingerprint density at radius 2 is 1.96 bits per heavy atom. The highest BCUT2D eigenvalue weighted by molar-refractivity contribution is 5.94. The van der Waals surface area contributed by atoms with Gasteiger partial charge in [-0.1, -0.05) is 0 Å². The number of amides is 1. The van der Waals surface area contributed by atoms with E-state index in [4.69, 9.17) is 5.26 Å². The summed E-state index contributed by atoms with van der Waals surface area (Å²) in [6, 6.07) is 11.1. The molecule has 1 amide bonds. The molecule has 1 aliphatic carbocycles. The molecule has 1 saturated carbocycles. The predicted molar refractivity (Wildman–Crippen MR) is 92.8 cm³/mol. The van der Waals surface area contributed by atoms with Gasteiger partial charge in [0.15, 0.2) is 0 Å². The normalized spacial score (nSPS) is 24.6. The smallest absolute Gasteiger partial charge is 0.253 e. The fourth-order valence-corrected chi connectivity index (χ4v) is 3.96. The van der Waals surface area contributed by atoms with E-state index in [9.17, 15) is 4.79 Å². The zero-order valence-corrected chi connectivity index (χ0v) is 13.9. The Morgan fingerprint density at radius 3 is 2.64 bits per heavy atom. The number of carbonyl (C=O) groups excluding carboxylic acids is 1. The number of hydrogen-bond donors (Lipinski definition) is 1. The van der Waals surface area contributed by atoms with E-state index in [0.717, 1.165) is 32.4 Å². The lowest BCUT2D eigenvalue weighted by molar-refractivity contribution is 0.0715. The largest absolute Gasteiger partial charge is 0.351 e. The zero-order chi connectivity index (χ0) is 17.3. The summed E-state index contributed by atoms with van der Waals surface area (Å²) in [4.78, 5) is 23.0. The number of nitriles is 1. The van der Waals surface area contributed by atoms with Crippen molar-refractivity contribution >= 4 is 11.9 Å². The van der Waals surface area contributed by atoms with Gasteiger partial charge in [-0.3, -0.25) is 4.79 Å². The van der Waals surface area contributed by atoms with Crippen molar-refractivity contribution in [3.8, 4) is 6.07 Å². The van der Waals surface area contributed by atoms with E-state index in [-0.39, 0.29) is 11.3 Å². The van der Waals surface area contributed by atoms with Crippen LogP contribution in [0.1, 0.15) is 35.2 Å². The third kappa shape index (κ3) is 3.05. The van der Waals surface area contributed by atoms with Gasteiger partial charge in [0.05, 0.1) is 11.6 Å². The summed E-state index contributed by atoms with van der Waals surface area (Å²) >= 11 is 0. The molecule has 2 heterocycles. The number of hydrogen-bond acceptors (Lipinski definition) is 5. The van der Waals surface area contributed by atoms with Gasteiger partial charge in [-0.15, -0.1) is 0 Å². The van der Waals surface area contributed by atoms with Crippen molar-refractivity contribution in [2.75, 3.05) is 18.4 Å². The van der Waals surface area contributed by atoms with E-state index in [1.807, 2.05) is 4.90 Å². The molecule has 2 aliphatic rings. The first-order valence-corrected chi connectivity index (χ1v) is 8.50.